The molecule has 3 aliphatic heterocycles. The topological polar surface area (TPSA) is 57.6 Å². The van der Waals surface area contributed by atoms with E-state index in [9.17, 15) is 13.6 Å². The van der Waals surface area contributed by atoms with Crippen molar-refractivity contribution in [3.63, 3.8) is 0 Å². The molecule has 2 aromatic carbocycles. The van der Waals surface area contributed by atoms with Crippen LogP contribution in [-0.4, -0.2) is 65.7 Å². The molecule has 2 saturated heterocycles. The number of hydrazine groups is 1. The van der Waals surface area contributed by atoms with Crippen LogP contribution >= 0.6 is 0 Å². The van der Waals surface area contributed by atoms with Crippen LogP contribution in [0, 0.1) is 5.92 Å². The van der Waals surface area contributed by atoms with Crippen LogP contribution in [0.15, 0.2) is 59.7 Å². The molecule has 32 heavy (non-hydrogen) atoms. The molecule has 2 unspecified atom stereocenters. The van der Waals surface area contributed by atoms with Gasteiger partial charge in [-0.2, -0.15) is 10.1 Å². The van der Waals surface area contributed by atoms with Gasteiger partial charge in [0, 0.05) is 44.1 Å². The molecule has 2 aromatic rings. The minimum atomic E-state index is -2.24. The number of rotatable bonds is 8. The van der Waals surface area contributed by atoms with E-state index in [1.807, 2.05) is 64.5 Å². The van der Waals surface area contributed by atoms with Gasteiger partial charge in [-0.25, -0.2) is 8.78 Å². The maximum Gasteiger partial charge on any atom is 0.260 e. The quantitative estimate of drug-likeness (QED) is 0.586. The van der Waals surface area contributed by atoms with E-state index in [2.05, 4.69) is 5.10 Å². The number of benzene rings is 2. The van der Waals surface area contributed by atoms with Gasteiger partial charge in [-0.15, -0.1) is 5.10 Å². The molecule has 0 N–H and O–H groups in total. The van der Waals surface area contributed by atoms with Crippen molar-refractivity contribution >= 4 is 12.2 Å². The van der Waals surface area contributed by atoms with Crippen molar-refractivity contribution in [2.24, 2.45) is 11.0 Å². The summed E-state index contributed by atoms with van der Waals surface area (Å²) in [6.45, 7) is 2.23. The molecule has 0 radical (unpaired) electrons. The molecule has 0 amide bonds. The highest BCUT2D eigenvalue weighted by molar-refractivity contribution is 5.95. The zero-order valence-electron chi connectivity index (χ0n) is 17.4. The molecule has 0 aliphatic carbocycles. The van der Waals surface area contributed by atoms with Crippen LogP contribution in [0.4, 0.5) is 8.78 Å². The maximum atomic E-state index is 12.6. The smallest absolute Gasteiger partial charge is 0.260 e. The lowest BCUT2D eigenvalue weighted by molar-refractivity contribution is -0.218. The van der Waals surface area contributed by atoms with Gasteiger partial charge in [0.2, 0.25) is 12.3 Å². The zero-order valence-corrected chi connectivity index (χ0v) is 17.4. The van der Waals surface area contributed by atoms with Gasteiger partial charge in [0.1, 0.15) is 5.75 Å². The number of hydrogen-bond acceptors (Lipinski definition) is 7. The second kappa shape index (κ2) is 8.84. The highest BCUT2D eigenvalue weighted by atomic mass is 19.3. The van der Waals surface area contributed by atoms with E-state index in [1.165, 1.54) is 0 Å². The van der Waals surface area contributed by atoms with E-state index in [0.29, 0.717) is 37.8 Å². The van der Waals surface area contributed by atoms with Crippen molar-refractivity contribution in [1.82, 2.24) is 15.0 Å². The molecule has 0 spiro atoms. The maximum absolute atomic E-state index is 12.6. The fraction of sp³-hybridized carbons (Fsp3) is 0.391. The first kappa shape index (κ1) is 20.8. The summed E-state index contributed by atoms with van der Waals surface area (Å²) in [4.78, 5) is 13.6. The predicted molar refractivity (Wildman–Crippen MR) is 113 cm³/mol. The van der Waals surface area contributed by atoms with Crippen LogP contribution in [0.2, 0.25) is 0 Å². The van der Waals surface area contributed by atoms with Crippen LogP contribution in [0.3, 0.4) is 0 Å². The van der Waals surface area contributed by atoms with Crippen LogP contribution < -0.4 is 4.74 Å². The Morgan fingerprint density at radius 1 is 1.12 bits per heavy atom. The summed E-state index contributed by atoms with van der Waals surface area (Å²) in [5, 5.41) is 7.90. The minimum absolute atomic E-state index is 0.257. The molecule has 0 saturated carbocycles. The lowest BCUT2D eigenvalue weighted by Crippen LogP contribution is -2.60. The highest BCUT2D eigenvalue weighted by Crippen LogP contribution is 2.29. The third kappa shape index (κ3) is 4.18. The molecule has 9 heteroatoms. The summed E-state index contributed by atoms with van der Waals surface area (Å²) in [6, 6.07) is 17.1. The van der Waals surface area contributed by atoms with Crippen molar-refractivity contribution in [3.05, 3.63) is 65.7 Å². The SMILES string of the molecule is O=CC1OC(c2ccccc2)=NN1N1CCC1Oc1ccc(CN2CC(C(F)F)C2)cc1. The number of halogens is 2. The van der Waals surface area contributed by atoms with E-state index in [-0.39, 0.29) is 6.23 Å². The second-order valence-corrected chi connectivity index (χ2v) is 8.19. The largest absolute Gasteiger partial charge is 0.473 e. The number of ether oxygens (including phenoxy) is 2. The van der Waals surface area contributed by atoms with Crippen molar-refractivity contribution in [2.75, 3.05) is 19.6 Å². The van der Waals surface area contributed by atoms with Gasteiger partial charge in [0.15, 0.2) is 12.5 Å². The molecule has 2 atom stereocenters. The fourth-order valence-corrected chi connectivity index (χ4v) is 4.02. The number of hydrazone groups is 1. The Kier molecular flexibility index (Phi) is 5.75. The monoisotopic (exact) mass is 442 g/mol. The number of carbonyl (C=O) groups excluding carboxylic acids is 1. The number of aldehydes is 1. The summed E-state index contributed by atoms with van der Waals surface area (Å²) >= 11 is 0. The van der Waals surface area contributed by atoms with Crippen molar-refractivity contribution in [1.29, 1.82) is 0 Å². The molecular formula is C23H24F2N4O3. The predicted octanol–water partition coefficient (Wildman–Crippen LogP) is 2.93. The van der Waals surface area contributed by atoms with Crippen molar-refractivity contribution in [2.45, 2.75) is 31.8 Å². The Hall–Kier alpha value is -3.04. The van der Waals surface area contributed by atoms with Gasteiger partial charge in [0.25, 0.3) is 6.23 Å². The first-order chi connectivity index (χ1) is 15.6. The average Bonchev–Trinajstić information content (AvgIpc) is 3.18. The van der Waals surface area contributed by atoms with Crippen LogP contribution in [0.5, 0.6) is 5.75 Å². The Bertz CT molecular complexity index is 967. The third-order valence-electron chi connectivity index (χ3n) is 5.93. The molecule has 0 aromatic heterocycles. The summed E-state index contributed by atoms with van der Waals surface area (Å²) in [6.07, 6.45) is -1.80. The third-order valence-corrected chi connectivity index (χ3v) is 5.93. The van der Waals surface area contributed by atoms with Gasteiger partial charge in [-0.3, -0.25) is 9.69 Å². The summed E-state index contributed by atoms with van der Waals surface area (Å²) in [7, 11) is 0. The Morgan fingerprint density at radius 2 is 1.88 bits per heavy atom. The number of alkyl halides is 2. The Balaban J connectivity index is 1.18. The molecule has 3 aliphatic rings. The summed E-state index contributed by atoms with van der Waals surface area (Å²) < 4.78 is 37.0. The molecule has 3 heterocycles. The standard InChI is InChI=1S/C23H24F2N4O3/c24-22(25)18-13-27(14-18)12-16-6-8-19(9-7-16)31-20-10-11-28(20)29-21(15-30)32-23(26-29)17-4-2-1-3-5-17/h1-9,15,18,20-22H,10-14H2. The lowest BCUT2D eigenvalue weighted by Gasteiger charge is -2.44. The molecule has 5 rings (SSSR count). The minimum Gasteiger partial charge on any atom is -0.473 e. The van der Waals surface area contributed by atoms with Gasteiger partial charge < -0.3 is 9.47 Å². The molecule has 7 nitrogen and oxygen atoms in total. The summed E-state index contributed by atoms with van der Waals surface area (Å²) in [5.74, 6) is 0.599. The number of hydrogen-bond donors (Lipinski definition) is 0. The number of nitrogens with zero attached hydrogens (tertiary/aromatic N) is 4. The van der Waals surface area contributed by atoms with Crippen LogP contribution in [0.1, 0.15) is 17.5 Å². The normalized spacial score (nSPS) is 24.0. The number of likely N-dealkylation sites (tertiary alicyclic amines) is 1. The first-order valence-electron chi connectivity index (χ1n) is 10.7. The average molecular weight is 442 g/mol. The Morgan fingerprint density at radius 3 is 2.50 bits per heavy atom. The second-order valence-electron chi connectivity index (χ2n) is 8.19. The molecule has 0 bridgehead atoms. The van der Waals surface area contributed by atoms with Crippen LogP contribution in [0.25, 0.3) is 0 Å². The molecule has 168 valence electrons. The van der Waals surface area contributed by atoms with Gasteiger partial charge >= 0.3 is 0 Å². The molecular weight excluding hydrogens is 418 g/mol. The van der Waals surface area contributed by atoms with E-state index in [1.54, 1.807) is 5.12 Å². The Labute approximate surface area is 184 Å². The van der Waals surface area contributed by atoms with Gasteiger partial charge in [0.05, 0.1) is 0 Å². The fourth-order valence-electron chi connectivity index (χ4n) is 4.02. The van der Waals surface area contributed by atoms with E-state index >= 15 is 0 Å². The summed E-state index contributed by atoms with van der Waals surface area (Å²) in [5.41, 5.74) is 1.86. The molecule has 2 fully saturated rings. The number of carbonyl (C=O) groups is 1. The van der Waals surface area contributed by atoms with E-state index < -0.39 is 18.6 Å². The van der Waals surface area contributed by atoms with Crippen LogP contribution in [-0.2, 0) is 16.1 Å². The van der Waals surface area contributed by atoms with Gasteiger partial charge in [-0.1, -0.05) is 30.3 Å². The van der Waals surface area contributed by atoms with E-state index in [0.717, 1.165) is 23.8 Å². The lowest BCUT2D eigenvalue weighted by atomic mass is 10.00. The highest BCUT2D eigenvalue weighted by Gasteiger charge is 2.42. The van der Waals surface area contributed by atoms with E-state index in [4.69, 9.17) is 9.47 Å². The zero-order chi connectivity index (χ0) is 22.1. The first-order valence-corrected chi connectivity index (χ1v) is 10.7. The van der Waals surface area contributed by atoms with Gasteiger partial charge in [-0.05, 0) is 29.8 Å². The van der Waals surface area contributed by atoms with Crippen molar-refractivity contribution < 1.29 is 23.0 Å². The van der Waals surface area contributed by atoms with Crippen molar-refractivity contribution in [3.8, 4) is 5.75 Å².